The van der Waals surface area contributed by atoms with Crippen LogP contribution in [0, 0.1) is 5.41 Å². The highest BCUT2D eigenvalue weighted by Crippen LogP contribution is 2.32. The minimum absolute atomic E-state index is 0.263. The van der Waals surface area contributed by atoms with Gasteiger partial charge < -0.3 is 15.4 Å². The molecule has 92 valence electrons. The second-order valence-electron chi connectivity index (χ2n) is 4.50. The average molecular weight is 244 g/mol. The molecule has 0 aliphatic carbocycles. The number of carbonyl (C=O) groups is 1. The first-order valence-corrected chi connectivity index (χ1v) is 7.09. The van der Waals surface area contributed by atoms with E-state index in [1.165, 1.54) is 0 Å². The second-order valence-corrected chi connectivity index (χ2v) is 5.73. The van der Waals surface area contributed by atoms with Crippen molar-refractivity contribution in [2.24, 2.45) is 11.1 Å². The van der Waals surface area contributed by atoms with Crippen molar-refractivity contribution in [3.63, 3.8) is 0 Å². The first kappa shape index (κ1) is 12.2. The summed E-state index contributed by atoms with van der Waals surface area (Å²) in [6.45, 7) is 3.56. The van der Waals surface area contributed by atoms with E-state index in [1.807, 2.05) is 16.7 Å². The van der Waals surface area contributed by atoms with Crippen LogP contribution in [0.1, 0.15) is 12.8 Å². The number of hydrogen-bond donors (Lipinski definition) is 1. The lowest BCUT2D eigenvalue weighted by molar-refractivity contribution is -0.146. The summed E-state index contributed by atoms with van der Waals surface area (Å²) in [5.41, 5.74) is 5.50. The fourth-order valence-corrected chi connectivity index (χ4v) is 3.27. The third-order valence-corrected chi connectivity index (χ3v) is 4.54. The minimum atomic E-state index is -0.333. The fraction of sp³-hybridized carbons (Fsp3) is 0.909. The van der Waals surface area contributed by atoms with E-state index in [2.05, 4.69) is 0 Å². The van der Waals surface area contributed by atoms with Crippen molar-refractivity contribution < 1.29 is 9.53 Å². The summed E-state index contributed by atoms with van der Waals surface area (Å²) in [6.07, 6.45) is 1.57. The van der Waals surface area contributed by atoms with Crippen LogP contribution < -0.4 is 5.73 Å². The number of thioether (sulfide) groups is 1. The molecule has 5 heteroatoms. The smallest absolute Gasteiger partial charge is 0.230 e. The Kier molecular flexibility index (Phi) is 4.10. The zero-order valence-corrected chi connectivity index (χ0v) is 10.4. The van der Waals surface area contributed by atoms with Crippen LogP contribution in [-0.4, -0.2) is 55.2 Å². The van der Waals surface area contributed by atoms with Gasteiger partial charge in [-0.15, -0.1) is 0 Å². The molecule has 0 aromatic rings. The van der Waals surface area contributed by atoms with Crippen molar-refractivity contribution in [3.05, 3.63) is 0 Å². The van der Waals surface area contributed by atoms with E-state index < -0.39 is 0 Å². The molecule has 0 radical (unpaired) electrons. The molecule has 2 aliphatic rings. The van der Waals surface area contributed by atoms with Gasteiger partial charge in [0.25, 0.3) is 0 Å². The largest absolute Gasteiger partial charge is 0.381 e. The number of nitrogens with zero attached hydrogens (tertiary/aromatic N) is 1. The highest BCUT2D eigenvalue weighted by atomic mass is 32.2. The maximum absolute atomic E-state index is 12.5. The highest BCUT2D eigenvalue weighted by Gasteiger charge is 2.41. The Labute approximate surface area is 101 Å². The summed E-state index contributed by atoms with van der Waals surface area (Å²) in [4.78, 5) is 14.5. The summed E-state index contributed by atoms with van der Waals surface area (Å²) in [6, 6.07) is 0. The molecule has 1 amide bonds. The zero-order chi connectivity index (χ0) is 11.4. The van der Waals surface area contributed by atoms with Gasteiger partial charge in [-0.1, -0.05) is 0 Å². The van der Waals surface area contributed by atoms with Crippen LogP contribution in [0.3, 0.4) is 0 Å². The van der Waals surface area contributed by atoms with E-state index in [9.17, 15) is 4.79 Å². The summed E-state index contributed by atoms with van der Waals surface area (Å²) in [5, 5.41) is 0. The van der Waals surface area contributed by atoms with Gasteiger partial charge in [0.15, 0.2) is 0 Å². The molecule has 2 rings (SSSR count). The van der Waals surface area contributed by atoms with E-state index in [4.69, 9.17) is 10.5 Å². The highest BCUT2D eigenvalue weighted by molar-refractivity contribution is 7.99. The monoisotopic (exact) mass is 244 g/mol. The quantitative estimate of drug-likeness (QED) is 0.760. The lowest BCUT2D eigenvalue weighted by atomic mass is 9.79. The van der Waals surface area contributed by atoms with Gasteiger partial charge in [0.2, 0.25) is 5.91 Å². The molecule has 2 fully saturated rings. The van der Waals surface area contributed by atoms with Crippen LogP contribution in [0.25, 0.3) is 0 Å². The number of hydrogen-bond acceptors (Lipinski definition) is 4. The van der Waals surface area contributed by atoms with Crippen molar-refractivity contribution in [3.8, 4) is 0 Å². The van der Waals surface area contributed by atoms with Gasteiger partial charge in [-0.25, -0.2) is 0 Å². The predicted molar refractivity (Wildman–Crippen MR) is 65.4 cm³/mol. The second kappa shape index (κ2) is 5.38. The summed E-state index contributed by atoms with van der Waals surface area (Å²) in [7, 11) is 0. The Balaban J connectivity index is 2.04. The zero-order valence-electron chi connectivity index (χ0n) is 9.61. The van der Waals surface area contributed by atoms with E-state index in [0.717, 1.165) is 37.4 Å². The van der Waals surface area contributed by atoms with Crippen LogP contribution in [0.4, 0.5) is 0 Å². The molecule has 0 bridgehead atoms. The fourth-order valence-electron chi connectivity index (χ4n) is 2.37. The summed E-state index contributed by atoms with van der Waals surface area (Å²) in [5.74, 6) is 2.38. The van der Waals surface area contributed by atoms with Crippen molar-refractivity contribution in [1.29, 1.82) is 0 Å². The van der Waals surface area contributed by atoms with Crippen LogP contribution in [0.15, 0.2) is 0 Å². The molecule has 2 heterocycles. The number of amides is 1. The topological polar surface area (TPSA) is 55.6 Å². The Morgan fingerprint density at radius 2 is 1.94 bits per heavy atom. The number of rotatable bonds is 2. The molecule has 0 aromatic carbocycles. The number of carbonyl (C=O) groups excluding carboxylic acids is 1. The van der Waals surface area contributed by atoms with E-state index >= 15 is 0 Å². The van der Waals surface area contributed by atoms with Gasteiger partial charge in [0, 0.05) is 44.4 Å². The molecule has 0 atom stereocenters. The van der Waals surface area contributed by atoms with Crippen molar-refractivity contribution in [2.45, 2.75) is 12.8 Å². The molecule has 0 aromatic heterocycles. The average Bonchev–Trinajstić information content (AvgIpc) is 2.39. The van der Waals surface area contributed by atoms with E-state index in [0.29, 0.717) is 19.8 Å². The van der Waals surface area contributed by atoms with Gasteiger partial charge in [0.05, 0.1) is 5.41 Å². The van der Waals surface area contributed by atoms with E-state index in [-0.39, 0.29) is 11.3 Å². The van der Waals surface area contributed by atoms with Crippen molar-refractivity contribution in [2.75, 3.05) is 44.4 Å². The third-order valence-electron chi connectivity index (χ3n) is 3.59. The number of ether oxygens (including phenoxy) is 1. The molecule has 0 unspecified atom stereocenters. The van der Waals surface area contributed by atoms with E-state index in [1.54, 1.807) is 0 Å². The lowest BCUT2D eigenvalue weighted by Gasteiger charge is -2.40. The Bertz CT molecular complexity index is 248. The number of nitrogens with two attached hydrogens (primary N) is 1. The molecule has 0 spiro atoms. The van der Waals surface area contributed by atoms with Crippen molar-refractivity contribution in [1.82, 2.24) is 4.90 Å². The lowest BCUT2D eigenvalue weighted by Crippen LogP contribution is -2.52. The SMILES string of the molecule is NCC1(C(=O)N2CCSCC2)CCOCC1. The van der Waals surface area contributed by atoms with Gasteiger partial charge in [-0.3, -0.25) is 4.79 Å². The molecular weight excluding hydrogens is 224 g/mol. The maximum atomic E-state index is 12.5. The molecule has 16 heavy (non-hydrogen) atoms. The standard InChI is InChI=1S/C11H20N2O2S/c12-9-11(1-5-15-6-2-11)10(14)13-3-7-16-8-4-13/h1-9,12H2. The Morgan fingerprint density at radius 1 is 1.31 bits per heavy atom. The third kappa shape index (κ3) is 2.36. The predicted octanol–water partition coefficient (Wildman–Crippen LogP) is 0.317. The van der Waals surface area contributed by atoms with Gasteiger partial charge in [-0.2, -0.15) is 11.8 Å². The molecule has 2 aliphatic heterocycles. The molecule has 2 saturated heterocycles. The van der Waals surface area contributed by atoms with Crippen LogP contribution in [0.5, 0.6) is 0 Å². The first-order chi connectivity index (χ1) is 7.78. The molecule has 4 nitrogen and oxygen atoms in total. The van der Waals surface area contributed by atoms with Crippen LogP contribution >= 0.6 is 11.8 Å². The summed E-state index contributed by atoms with van der Waals surface area (Å²) >= 11 is 1.92. The van der Waals surface area contributed by atoms with Gasteiger partial charge in [0.1, 0.15) is 0 Å². The Hall–Kier alpha value is -0.260. The Morgan fingerprint density at radius 3 is 2.50 bits per heavy atom. The minimum Gasteiger partial charge on any atom is -0.381 e. The molecule has 2 N–H and O–H groups in total. The molecular formula is C11H20N2O2S. The van der Waals surface area contributed by atoms with Crippen LogP contribution in [-0.2, 0) is 9.53 Å². The first-order valence-electron chi connectivity index (χ1n) is 5.93. The molecule has 0 saturated carbocycles. The van der Waals surface area contributed by atoms with Gasteiger partial charge >= 0.3 is 0 Å². The summed E-state index contributed by atoms with van der Waals surface area (Å²) < 4.78 is 5.33. The maximum Gasteiger partial charge on any atom is 0.230 e. The van der Waals surface area contributed by atoms with Crippen molar-refractivity contribution >= 4 is 17.7 Å². The normalized spacial score (nSPS) is 25.4. The van der Waals surface area contributed by atoms with Gasteiger partial charge in [-0.05, 0) is 12.8 Å². The van der Waals surface area contributed by atoms with Crippen LogP contribution in [0.2, 0.25) is 0 Å².